The fourth-order valence-electron chi connectivity index (χ4n) is 3.86. The molecule has 1 aromatic carbocycles. The van der Waals surface area contributed by atoms with Crippen molar-refractivity contribution in [1.29, 1.82) is 0 Å². The van der Waals surface area contributed by atoms with Crippen LogP contribution in [0.25, 0.3) is 0 Å². The largest absolute Gasteiger partial charge is 0.465 e. The molecule has 2 bridgehead atoms. The Hall–Kier alpha value is -2.36. The first kappa shape index (κ1) is 18.4. The van der Waals surface area contributed by atoms with Gasteiger partial charge in [0.2, 0.25) is 0 Å². The van der Waals surface area contributed by atoms with Gasteiger partial charge in [0, 0.05) is 11.1 Å². The van der Waals surface area contributed by atoms with Crippen molar-refractivity contribution in [3.63, 3.8) is 0 Å². The van der Waals surface area contributed by atoms with Gasteiger partial charge in [0.15, 0.2) is 14.6 Å². The number of rotatable bonds is 3. The molecule has 2 aliphatic rings. The van der Waals surface area contributed by atoms with E-state index in [1.165, 1.54) is 19.1 Å². The van der Waals surface area contributed by atoms with Crippen LogP contribution in [0.2, 0.25) is 0 Å². The molecule has 1 fully saturated rings. The summed E-state index contributed by atoms with van der Waals surface area (Å²) in [5.41, 5.74) is -1.74. The van der Waals surface area contributed by atoms with Crippen LogP contribution in [0.5, 0.6) is 0 Å². The summed E-state index contributed by atoms with van der Waals surface area (Å²) < 4.78 is 52.3. The Bertz CT molecular complexity index is 933. The highest BCUT2D eigenvalue weighted by atomic mass is 32.2. The molecular formula is C16H16F2N2O5S. The zero-order chi connectivity index (χ0) is 19.3. The Labute approximate surface area is 148 Å². The monoisotopic (exact) mass is 386 g/mol. The summed E-state index contributed by atoms with van der Waals surface area (Å²) >= 11 is 0. The SMILES string of the molecule is C[C@]1(c2cc(C=O)ccc2F)N=C(NC(=O)O)[C@@]2(CF)CC[C@@H]1S2(=O)=O. The quantitative estimate of drug-likeness (QED) is 0.770. The highest BCUT2D eigenvalue weighted by Gasteiger charge is 2.66. The van der Waals surface area contributed by atoms with Crippen LogP contribution in [0, 0.1) is 5.82 Å². The van der Waals surface area contributed by atoms with Crippen LogP contribution in [-0.4, -0.2) is 48.4 Å². The number of benzene rings is 1. The molecule has 3 rings (SSSR count). The molecule has 1 aromatic rings. The Morgan fingerprint density at radius 3 is 2.77 bits per heavy atom. The minimum absolute atomic E-state index is 0.0121. The summed E-state index contributed by atoms with van der Waals surface area (Å²) in [7, 11) is -4.21. The van der Waals surface area contributed by atoms with E-state index < -0.39 is 49.8 Å². The number of nitrogens with zero attached hydrogens (tertiary/aromatic N) is 1. The molecule has 0 radical (unpaired) electrons. The highest BCUT2D eigenvalue weighted by Crippen LogP contribution is 2.52. The number of amidine groups is 1. The summed E-state index contributed by atoms with van der Waals surface area (Å²) in [6, 6.07) is 3.43. The average molecular weight is 386 g/mol. The lowest BCUT2D eigenvalue weighted by Gasteiger charge is -2.40. The molecule has 1 amide bonds. The first-order valence-electron chi connectivity index (χ1n) is 7.77. The second-order valence-corrected chi connectivity index (χ2v) is 9.04. The zero-order valence-corrected chi connectivity index (χ0v) is 14.5. The van der Waals surface area contributed by atoms with Crippen molar-refractivity contribution >= 4 is 28.1 Å². The molecule has 140 valence electrons. The van der Waals surface area contributed by atoms with E-state index in [-0.39, 0.29) is 24.0 Å². The standard InChI is InChI=1S/C16H16F2N2O5S/c1-15(10-6-9(7-21)2-3-11(10)18)12-4-5-16(8-17,26(12,24)25)13(20-15)19-14(22)23/h2-3,6-7,12H,4-5,8H2,1H3,(H,19,20)(H,22,23)/t12-,15+,16-/m0/s1. The van der Waals surface area contributed by atoms with Gasteiger partial charge in [0.05, 0.1) is 5.25 Å². The number of hydrogen-bond acceptors (Lipinski definition) is 5. The van der Waals surface area contributed by atoms with Crippen molar-refractivity contribution in [2.45, 2.75) is 35.3 Å². The van der Waals surface area contributed by atoms with E-state index in [1.807, 2.05) is 5.32 Å². The van der Waals surface area contributed by atoms with E-state index in [4.69, 9.17) is 5.11 Å². The molecule has 26 heavy (non-hydrogen) atoms. The molecule has 3 atom stereocenters. The van der Waals surface area contributed by atoms with Crippen molar-refractivity contribution in [3.05, 3.63) is 35.1 Å². The molecule has 0 aromatic heterocycles. The maximum absolute atomic E-state index is 14.5. The number of amides is 1. The number of carbonyl (C=O) groups excluding carboxylic acids is 1. The molecular weight excluding hydrogens is 370 g/mol. The molecule has 0 saturated carbocycles. The fraction of sp³-hybridized carbons (Fsp3) is 0.438. The lowest BCUT2D eigenvalue weighted by molar-refractivity contribution is 0.112. The van der Waals surface area contributed by atoms with Gasteiger partial charge in [-0.25, -0.2) is 22.0 Å². The van der Waals surface area contributed by atoms with E-state index in [9.17, 15) is 26.8 Å². The van der Waals surface area contributed by atoms with Gasteiger partial charge in [0.1, 0.15) is 30.2 Å². The third-order valence-corrected chi connectivity index (χ3v) is 8.28. The zero-order valence-electron chi connectivity index (χ0n) is 13.7. The van der Waals surface area contributed by atoms with Crippen LogP contribution in [0.15, 0.2) is 23.2 Å². The Kier molecular flexibility index (Phi) is 4.13. The maximum Gasteiger partial charge on any atom is 0.410 e. The van der Waals surface area contributed by atoms with Gasteiger partial charge >= 0.3 is 6.09 Å². The number of hydrogen-bond donors (Lipinski definition) is 2. The molecule has 0 spiro atoms. The van der Waals surface area contributed by atoms with Gasteiger partial charge in [-0.1, -0.05) is 0 Å². The van der Waals surface area contributed by atoms with Crippen molar-refractivity contribution in [2.24, 2.45) is 4.99 Å². The van der Waals surface area contributed by atoms with Crippen LogP contribution >= 0.6 is 0 Å². The first-order valence-corrected chi connectivity index (χ1v) is 9.32. The predicted octanol–water partition coefficient (Wildman–Crippen LogP) is 1.82. The number of aldehydes is 1. The molecule has 2 aliphatic heterocycles. The molecule has 0 unspecified atom stereocenters. The van der Waals surface area contributed by atoms with Gasteiger partial charge in [-0.3, -0.25) is 15.1 Å². The van der Waals surface area contributed by atoms with Crippen LogP contribution in [0.4, 0.5) is 13.6 Å². The molecule has 1 saturated heterocycles. The van der Waals surface area contributed by atoms with Crippen LogP contribution in [0.1, 0.15) is 35.7 Å². The van der Waals surface area contributed by atoms with Gasteiger partial charge in [-0.05, 0) is 38.0 Å². The van der Waals surface area contributed by atoms with Crippen molar-refractivity contribution in [2.75, 3.05) is 6.67 Å². The van der Waals surface area contributed by atoms with Gasteiger partial charge in [-0.15, -0.1) is 0 Å². The Morgan fingerprint density at radius 2 is 2.19 bits per heavy atom. The van der Waals surface area contributed by atoms with E-state index in [1.54, 1.807) is 0 Å². The van der Waals surface area contributed by atoms with E-state index >= 15 is 0 Å². The smallest absolute Gasteiger partial charge is 0.410 e. The summed E-state index contributed by atoms with van der Waals surface area (Å²) in [5.74, 6) is -1.34. The van der Waals surface area contributed by atoms with Crippen LogP contribution in [0.3, 0.4) is 0 Å². The lowest BCUT2D eigenvalue weighted by atomic mass is 9.86. The fourth-order valence-corrected chi connectivity index (χ4v) is 6.54. The first-order chi connectivity index (χ1) is 12.1. The number of sulfone groups is 1. The molecule has 0 aliphatic carbocycles. The summed E-state index contributed by atoms with van der Waals surface area (Å²) in [6.45, 7) is 0.0110. The highest BCUT2D eigenvalue weighted by molar-refractivity contribution is 7.94. The van der Waals surface area contributed by atoms with Crippen molar-refractivity contribution in [1.82, 2.24) is 5.32 Å². The topological polar surface area (TPSA) is 113 Å². The van der Waals surface area contributed by atoms with Crippen molar-refractivity contribution in [3.8, 4) is 0 Å². The summed E-state index contributed by atoms with van der Waals surface area (Å²) in [5, 5.41) is 9.67. The number of nitrogens with one attached hydrogen (secondary N) is 1. The second-order valence-electron chi connectivity index (χ2n) is 6.60. The lowest BCUT2D eigenvalue weighted by Crippen LogP contribution is -2.60. The van der Waals surface area contributed by atoms with Crippen LogP contribution in [-0.2, 0) is 15.4 Å². The van der Waals surface area contributed by atoms with E-state index in [0.717, 1.165) is 6.07 Å². The third-order valence-electron chi connectivity index (χ3n) is 5.25. The van der Waals surface area contributed by atoms with Crippen molar-refractivity contribution < 1.29 is 31.9 Å². The molecule has 2 N–H and O–H groups in total. The minimum Gasteiger partial charge on any atom is -0.465 e. The molecule has 10 heteroatoms. The van der Waals surface area contributed by atoms with Gasteiger partial charge < -0.3 is 5.11 Å². The Balaban J connectivity index is 2.31. The second kappa shape index (κ2) is 5.83. The number of aliphatic imine (C=N–C) groups is 1. The normalized spacial score (nSPS) is 32.0. The average Bonchev–Trinajstić information content (AvgIpc) is 2.77. The Morgan fingerprint density at radius 1 is 1.50 bits per heavy atom. The van der Waals surface area contributed by atoms with Crippen LogP contribution < -0.4 is 5.32 Å². The number of carboxylic acid groups (broad SMARTS) is 1. The predicted molar refractivity (Wildman–Crippen MR) is 88.4 cm³/mol. The van der Waals surface area contributed by atoms with Gasteiger partial charge in [-0.2, -0.15) is 0 Å². The van der Waals surface area contributed by atoms with Gasteiger partial charge in [0.25, 0.3) is 0 Å². The number of halogens is 2. The molecule has 7 nitrogen and oxygen atoms in total. The van der Waals surface area contributed by atoms with E-state index in [2.05, 4.69) is 4.99 Å². The number of carbonyl (C=O) groups is 2. The minimum atomic E-state index is -4.21. The van der Waals surface area contributed by atoms with E-state index in [0.29, 0.717) is 6.29 Å². The number of fused-ring (bicyclic) bond motifs is 2. The third kappa shape index (κ3) is 2.28. The number of alkyl halides is 1. The molecule has 2 heterocycles. The maximum atomic E-state index is 14.5. The summed E-state index contributed by atoms with van der Waals surface area (Å²) in [4.78, 5) is 26.3. The summed E-state index contributed by atoms with van der Waals surface area (Å²) in [6.07, 6.45) is -1.30.